The fourth-order valence-electron chi connectivity index (χ4n) is 7.14. The summed E-state index contributed by atoms with van der Waals surface area (Å²) in [5, 5.41) is 5.37. The zero-order chi connectivity index (χ0) is 29.8. The van der Waals surface area contributed by atoms with Crippen LogP contribution in [-0.2, 0) is 6.54 Å². The van der Waals surface area contributed by atoms with E-state index in [0.717, 1.165) is 18.0 Å². The van der Waals surface area contributed by atoms with Crippen molar-refractivity contribution in [3.63, 3.8) is 0 Å². The maximum absolute atomic E-state index is 14.0. The molecule has 3 aliphatic rings. The van der Waals surface area contributed by atoms with Gasteiger partial charge in [-0.25, -0.2) is 10.2 Å². The Kier molecular flexibility index (Phi) is 8.00. The third-order valence-corrected chi connectivity index (χ3v) is 10.1. The first-order chi connectivity index (χ1) is 20.0. The summed E-state index contributed by atoms with van der Waals surface area (Å²) in [6.45, 7) is 14.3. The molecule has 1 unspecified atom stereocenters. The van der Waals surface area contributed by atoms with Crippen molar-refractivity contribution in [1.29, 1.82) is 0 Å². The molecule has 7 nitrogen and oxygen atoms in total. The largest absolute Gasteiger partial charge is 0.492 e. The molecule has 42 heavy (non-hydrogen) atoms. The molecule has 3 heterocycles. The fourth-order valence-corrected chi connectivity index (χ4v) is 8.05. The second kappa shape index (κ2) is 11.4. The van der Waals surface area contributed by atoms with Crippen molar-refractivity contribution in [3.05, 3.63) is 47.5 Å². The monoisotopic (exact) mass is 589 g/mol. The number of ether oxygens (including phenoxy) is 1. The molecule has 0 radical (unpaired) electrons. The van der Waals surface area contributed by atoms with Crippen LogP contribution in [0.15, 0.2) is 36.4 Å². The summed E-state index contributed by atoms with van der Waals surface area (Å²) >= 11 is 1.51. The van der Waals surface area contributed by atoms with Gasteiger partial charge in [-0.2, -0.15) is 4.41 Å². The molecule has 2 atom stereocenters. The van der Waals surface area contributed by atoms with Crippen LogP contribution in [0.1, 0.15) is 83.8 Å². The first-order valence-electron chi connectivity index (χ1n) is 15.7. The Morgan fingerprint density at radius 2 is 1.83 bits per heavy atom. The highest BCUT2D eigenvalue weighted by molar-refractivity contribution is 7.98. The number of urea groups is 1. The van der Waals surface area contributed by atoms with Crippen molar-refractivity contribution in [2.45, 2.75) is 103 Å². The van der Waals surface area contributed by atoms with Crippen LogP contribution in [0, 0.1) is 12.8 Å². The molecule has 2 amide bonds. The highest BCUT2D eigenvalue weighted by Crippen LogP contribution is 2.48. The van der Waals surface area contributed by atoms with Gasteiger partial charge in [0.2, 0.25) is 0 Å². The number of carbonyl (C=O) groups excluding carboxylic acids is 1. The number of fused-ring (bicyclic) bond motifs is 4. The maximum Gasteiger partial charge on any atom is 0.349 e. The number of carbonyl (C=O) groups is 1. The molecule has 3 aromatic rings. The van der Waals surface area contributed by atoms with E-state index in [1.54, 1.807) is 9.31 Å². The van der Waals surface area contributed by atoms with E-state index in [1.807, 2.05) is 7.05 Å². The van der Waals surface area contributed by atoms with Crippen LogP contribution in [0.5, 0.6) is 5.75 Å². The molecule has 0 spiro atoms. The second-order valence-electron chi connectivity index (χ2n) is 13.4. The lowest BCUT2D eigenvalue weighted by atomic mass is 9.81. The molecule has 8 heteroatoms. The van der Waals surface area contributed by atoms with E-state index in [9.17, 15) is 4.79 Å². The van der Waals surface area contributed by atoms with Gasteiger partial charge in [-0.1, -0.05) is 45.2 Å². The summed E-state index contributed by atoms with van der Waals surface area (Å²) in [7, 11) is 1.88. The second-order valence-corrected chi connectivity index (χ2v) is 15.0. The maximum atomic E-state index is 14.0. The van der Waals surface area contributed by atoms with Gasteiger partial charge in [0, 0.05) is 47.4 Å². The Morgan fingerprint density at radius 3 is 2.57 bits per heavy atom. The summed E-state index contributed by atoms with van der Waals surface area (Å²) in [6, 6.07) is 13.4. The van der Waals surface area contributed by atoms with Crippen LogP contribution < -0.4 is 20.4 Å². The SMILES string of the molecule is Cc1ccc2c(c1)OC[C@@H]1Cn3c-2c(C2CCCCC2)c2ccc(cc23)N(C)C(=O)N(SC(C)C)NC(C)(C)NC1C. The molecule has 2 N–H and O–H groups in total. The van der Waals surface area contributed by atoms with Gasteiger partial charge in [0.05, 0.1) is 23.5 Å². The number of aryl methyl sites for hydroxylation is 1. The highest BCUT2D eigenvalue weighted by atomic mass is 32.2. The molecule has 226 valence electrons. The molecular formula is C34H47N5O2S. The van der Waals surface area contributed by atoms with Crippen molar-refractivity contribution < 1.29 is 9.53 Å². The number of hydrogen-bond donors (Lipinski definition) is 2. The normalized spacial score (nSPS) is 23.3. The van der Waals surface area contributed by atoms with Crippen molar-refractivity contribution in [3.8, 4) is 17.0 Å². The van der Waals surface area contributed by atoms with Gasteiger partial charge >= 0.3 is 6.03 Å². The lowest BCUT2D eigenvalue weighted by molar-refractivity contribution is 0.137. The number of benzene rings is 2. The number of hydrogen-bond acceptors (Lipinski definition) is 5. The van der Waals surface area contributed by atoms with Crippen molar-refractivity contribution in [2.24, 2.45) is 5.92 Å². The number of nitrogens with one attached hydrogen (secondary N) is 2. The molecule has 2 aliphatic heterocycles. The Bertz CT molecular complexity index is 1470. The number of aromatic nitrogens is 1. The van der Waals surface area contributed by atoms with Gasteiger partial charge in [0.15, 0.2) is 0 Å². The average Bonchev–Trinajstić information content (AvgIpc) is 3.24. The van der Waals surface area contributed by atoms with Crippen molar-refractivity contribution in [2.75, 3.05) is 18.6 Å². The Morgan fingerprint density at radius 1 is 1.07 bits per heavy atom. The molecule has 1 saturated carbocycles. The molecule has 1 fully saturated rings. The predicted octanol–water partition coefficient (Wildman–Crippen LogP) is 7.82. The van der Waals surface area contributed by atoms with E-state index in [-0.39, 0.29) is 23.2 Å². The molecule has 6 rings (SSSR count). The number of nitrogens with zero attached hydrogens (tertiary/aromatic N) is 3. The Hall–Kier alpha value is -2.68. The first kappa shape index (κ1) is 29.4. The minimum Gasteiger partial charge on any atom is -0.492 e. The lowest BCUT2D eigenvalue weighted by Gasteiger charge is -2.40. The fraction of sp³-hybridized carbons (Fsp3) is 0.559. The van der Waals surface area contributed by atoms with E-state index in [4.69, 9.17) is 4.74 Å². The predicted molar refractivity (Wildman–Crippen MR) is 175 cm³/mol. The molecular weight excluding hydrogens is 542 g/mol. The molecule has 1 aromatic heterocycles. The minimum absolute atomic E-state index is 0.0920. The van der Waals surface area contributed by atoms with Crippen molar-refractivity contribution in [1.82, 2.24) is 19.7 Å². The summed E-state index contributed by atoms with van der Waals surface area (Å²) in [6.07, 6.45) is 6.31. The molecule has 1 aliphatic carbocycles. The Labute approximate surface area is 255 Å². The van der Waals surface area contributed by atoms with Gasteiger partial charge in [-0.05, 0) is 93.8 Å². The number of anilines is 1. The van der Waals surface area contributed by atoms with Gasteiger partial charge in [-0.15, -0.1) is 0 Å². The van der Waals surface area contributed by atoms with Gasteiger partial charge in [0.25, 0.3) is 0 Å². The standard InChI is InChI=1S/C34H47N5O2S/c1-21(2)42-39-33(40)37(7)26-14-16-27-29(18-26)38-19-25(23(4)35-34(5,6)36-39)20-41-30-17-22(3)13-15-28(30)32(38)31(27)24-11-9-8-10-12-24/h13-18,21,23-25,35-36H,8-12,19-20H2,1-7H3/t23?,25-/m0/s1. The third kappa shape index (κ3) is 5.53. The summed E-state index contributed by atoms with van der Waals surface area (Å²) in [4.78, 5) is 15.8. The van der Waals surface area contributed by atoms with Gasteiger partial charge in [0.1, 0.15) is 5.75 Å². The van der Waals surface area contributed by atoms with Crippen LogP contribution in [0.25, 0.3) is 22.2 Å². The van der Waals surface area contributed by atoms with Crippen LogP contribution in [-0.4, -0.2) is 45.6 Å². The Balaban J connectivity index is 1.61. The summed E-state index contributed by atoms with van der Waals surface area (Å²) in [5.74, 6) is 1.70. The van der Waals surface area contributed by atoms with Crippen LogP contribution in [0.3, 0.4) is 0 Å². The quantitative estimate of drug-likeness (QED) is 0.305. The number of hydrazine groups is 1. The van der Waals surface area contributed by atoms with Crippen LogP contribution >= 0.6 is 11.9 Å². The molecule has 4 bridgehead atoms. The number of amides is 2. The third-order valence-electron chi connectivity index (χ3n) is 9.20. The lowest BCUT2D eigenvalue weighted by Crippen LogP contribution is -2.63. The van der Waals surface area contributed by atoms with E-state index in [0.29, 0.717) is 12.5 Å². The van der Waals surface area contributed by atoms with Gasteiger partial charge in [-0.3, -0.25) is 10.2 Å². The smallest absolute Gasteiger partial charge is 0.349 e. The zero-order valence-electron chi connectivity index (χ0n) is 26.3. The average molecular weight is 590 g/mol. The van der Waals surface area contributed by atoms with Crippen molar-refractivity contribution >= 4 is 34.6 Å². The van der Waals surface area contributed by atoms with E-state index < -0.39 is 5.66 Å². The molecule has 0 saturated heterocycles. The topological polar surface area (TPSA) is 61.8 Å². The summed E-state index contributed by atoms with van der Waals surface area (Å²) in [5.41, 5.74) is 10.2. The zero-order valence-corrected chi connectivity index (χ0v) is 27.1. The van der Waals surface area contributed by atoms with E-state index >= 15 is 0 Å². The highest BCUT2D eigenvalue weighted by Gasteiger charge is 2.35. The molecule has 2 aromatic carbocycles. The van der Waals surface area contributed by atoms with Crippen LogP contribution in [0.4, 0.5) is 10.5 Å². The van der Waals surface area contributed by atoms with E-state index in [1.165, 1.54) is 77.3 Å². The van der Waals surface area contributed by atoms with Crippen LogP contribution in [0.2, 0.25) is 0 Å². The summed E-state index contributed by atoms with van der Waals surface area (Å²) < 4.78 is 11.0. The minimum atomic E-state index is -0.538. The van der Waals surface area contributed by atoms with Gasteiger partial charge < -0.3 is 9.30 Å². The number of rotatable bonds is 3. The first-order valence-corrected chi connectivity index (χ1v) is 16.6. The van der Waals surface area contributed by atoms with E-state index in [2.05, 4.69) is 93.3 Å².